The Morgan fingerprint density at radius 1 is 1.12 bits per heavy atom. The molecule has 5 heteroatoms. The molecule has 0 aliphatic rings. The van der Waals surface area contributed by atoms with Crippen molar-refractivity contribution in [1.82, 2.24) is 16.0 Å². The Labute approximate surface area is 152 Å². The average molecular weight is 347 g/mol. The largest absolute Gasteiger partial charge is 0.357 e. The van der Waals surface area contributed by atoms with Gasteiger partial charge in [0.15, 0.2) is 5.96 Å². The minimum Gasteiger partial charge on any atom is -0.357 e. The molecule has 0 spiro atoms. The Hall–Kier alpha value is -2.04. The molecular weight excluding hydrogens is 312 g/mol. The molecular formula is C20H34N4O. The van der Waals surface area contributed by atoms with Gasteiger partial charge in [-0.2, -0.15) is 0 Å². The monoisotopic (exact) mass is 346 g/mol. The van der Waals surface area contributed by atoms with Gasteiger partial charge in [0.2, 0.25) is 5.91 Å². The lowest BCUT2D eigenvalue weighted by Gasteiger charge is -2.24. The highest BCUT2D eigenvalue weighted by atomic mass is 16.2. The van der Waals surface area contributed by atoms with E-state index in [9.17, 15) is 4.79 Å². The number of nitrogens with one attached hydrogen (secondary N) is 3. The average Bonchev–Trinajstić information content (AvgIpc) is 2.57. The molecule has 2 unspecified atom stereocenters. The molecule has 1 aromatic rings. The third kappa shape index (κ3) is 7.59. The van der Waals surface area contributed by atoms with E-state index in [2.05, 4.69) is 59.1 Å². The Kier molecular flexibility index (Phi) is 8.46. The summed E-state index contributed by atoms with van der Waals surface area (Å²) in [5, 5.41) is 9.65. The number of hydrogen-bond acceptors (Lipinski definition) is 2. The zero-order valence-electron chi connectivity index (χ0n) is 16.5. The van der Waals surface area contributed by atoms with Crippen LogP contribution in [0, 0.1) is 5.41 Å². The Balaban J connectivity index is 2.56. The molecule has 5 nitrogen and oxygen atoms in total. The predicted molar refractivity (Wildman–Crippen MR) is 106 cm³/mol. The summed E-state index contributed by atoms with van der Waals surface area (Å²) in [6.45, 7) is 14.0. The first kappa shape index (κ1) is 21.0. The highest BCUT2D eigenvalue weighted by Crippen LogP contribution is 2.18. The molecule has 1 rings (SSSR count). The molecule has 0 fully saturated rings. The van der Waals surface area contributed by atoms with Crippen molar-refractivity contribution in [2.45, 2.75) is 53.5 Å². The van der Waals surface area contributed by atoms with Crippen LogP contribution in [-0.2, 0) is 4.79 Å². The maximum atomic E-state index is 11.9. The quantitative estimate of drug-likeness (QED) is 0.404. The molecule has 0 radical (unpaired) electrons. The molecule has 1 amide bonds. The second kappa shape index (κ2) is 10.1. The van der Waals surface area contributed by atoms with Crippen molar-refractivity contribution in [2.75, 3.05) is 19.6 Å². The molecule has 3 N–H and O–H groups in total. The molecule has 0 aliphatic heterocycles. The molecule has 140 valence electrons. The van der Waals surface area contributed by atoms with Gasteiger partial charge >= 0.3 is 0 Å². The van der Waals surface area contributed by atoms with Crippen LogP contribution in [0.3, 0.4) is 0 Å². The van der Waals surface area contributed by atoms with Gasteiger partial charge in [-0.15, -0.1) is 0 Å². The summed E-state index contributed by atoms with van der Waals surface area (Å²) in [7, 11) is 0. The van der Waals surface area contributed by atoms with E-state index in [0.717, 1.165) is 12.5 Å². The summed E-state index contributed by atoms with van der Waals surface area (Å²) in [4.78, 5) is 16.4. The van der Waals surface area contributed by atoms with Crippen LogP contribution in [0.2, 0.25) is 0 Å². The smallest absolute Gasteiger partial charge is 0.225 e. The number of nitrogens with zero attached hydrogens (tertiary/aromatic N) is 1. The zero-order valence-corrected chi connectivity index (χ0v) is 16.5. The van der Waals surface area contributed by atoms with E-state index < -0.39 is 0 Å². The Morgan fingerprint density at radius 3 is 2.32 bits per heavy atom. The van der Waals surface area contributed by atoms with Crippen LogP contribution in [-0.4, -0.2) is 37.5 Å². The van der Waals surface area contributed by atoms with Gasteiger partial charge in [-0.3, -0.25) is 9.79 Å². The van der Waals surface area contributed by atoms with Crippen molar-refractivity contribution in [1.29, 1.82) is 0 Å². The van der Waals surface area contributed by atoms with Crippen LogP contribution in [0.1, 0.15) is 53.0 Å². The van der Waals surface area contributed by atoms with Crippen molar-refractivity contribution in [2.24, 2.45) is 10.4 Å². The standard InChI is InChI=1S/C20H34N4O/c1-7-21-19(23-14-13-22-18(25)20(4,5)6)24-16(3)15(2)17-11-9-8-10-12-17/h8-12,15-16H,7,13-14H2,1-6H3,(H,22,25)(H2,21,23,24). The first-order valence-corrected chi connectivity index (χ1v) is 9.13. The van der Waals surface area contributed by atoms with Gasteiger partial charge in [0.05, 0.1) is 6.54 Å². The second-order valence-corrected chi connectivity index (χ2v) is 7.40. The lowest BCUT2D eigenvalue weighted by Crippen LogP contribution is -2.44. The minimum atomic E-state index is -0.369. The number of aliphatic imine (C=N–C) groups is 1. The molecule has 0 saturated heterocycles. The third-order valence-electron chi connectivity index (χ3n) is 4.13. The summed E-state index contributed by atoms with van der Waals surface area (Å²) in [5.41, 5.74) is 0.933. The summed E-state index contributed by atoms with van der Waals surface area (Å²) in [5.74, 6) is 1.19. The van der Waals surface area contributed by atoms with Gasteiger partial charge in [-0.25, -0.2) is 0 Å². The number of carbonyl (C=O) groups is 1. The second-order valence-electron chi connectivity index (χ2n) is 7.40. The highest BCUT2D eigenvalue weighted by molar-refractivity contribution is 5.81. The van der Waals surface area contributed by atoms with E-state index in [1.165, 1.54) is 5.56 Å². The maximum absolute atomic E-state index is 11.9. The van der Waals surface area contributed by atoms with Crippen LogP contribution < -0.4 is 16.0 Å². The van der Waals surface area contributed by atoms with Crippen LogP contribution in [0.4, 0.5) is 0 Å². The first-order valence-electron chi connectivity index (χ1n) is 9.13. The summed E-state index contributed by atoms with van der Waals surface area (Å²) < 4.78 is 0. The van der Waals surface area contributed by atoms with Crippen LogP contribution in [0.15, 0.2) is 35.3 Å². The fraction of sp³-hybridized carbons (Fsp3) is 0.600. The van der Waals surface area contributed by atoms with E-state index in [1.54, 1.807) is 0 Å². The molecule has 0 aromatic heterocycles. The molecule has 0 heterocycles. The van der Waals surface area contributed by atoms with Gasteiger partial charge in [-0.05, 0) is 19.4 Å². The lowest BCUT2D eigenvalue weighted by molar-refractivity contribution is -0.128. The molecule has 25 heavy (non-hydrogen) atoms. The number of rotatable bonds is 7. The predicted octanol–water partition coefficient (Wildman–Crippen LogP) is 2.90. The number of hydrogen-bond donors (Lipinski definition) is 3. The van der Waals surface area contributed by atoms with Crippen molar-refractivity contribution in [3.63, 3.8) is 0 Å². The van der Waals surface area contributed by atoms with Crippen LogP contribution in [0.5, 0.6) is 0 Å². The Morgan fingerprint density at radius 2 is 1.76 bits per heavy atom. The minimum absolute atomic E-state index is 0.0479. The van der Waals surface area contributed by atoms with Crippen molar-refractivity contribution in [3.05, 3.63) is 35.9 Å². The van der Waals surface area contributed by atoms with Crippen LogP contribution in [0.25, 0.3) is 0 Å². The third-order valence-corrected chi connectivity index (χ3v) is 4.13. The topological polar surface area (TPSA) is 65.5 Å². The molecule has 1 aromatic carbocycles. The fourth-order valence-corrected chi connectivity index (χ4v) is 2.31. The number of guanidine groups is 1. The SMILES string of the molecule is CCNC(=NCCNC(=O)C(C)(C)C)NC(C)C(C)c1ccccc1. The van der Waals surface area contributed by atoms with E-state index in [4.69, 9.17) is 0 Å². The Bertz CT molecular complexity index is 549. The zero-order chi connectivity index (χ0) is 18.9. The van der Waals surface area contributed by atoms with E-state index >= 15 is 0 Å². The van der Waals surface area contributed by atoms with Crippen molar-refractivity contribution < 1.29 is 4.79 Å². The van der Waals surface area contributed by atoms with E-state index in [0.29, 0.717) is 19.0 Å². The number of benzene rings is 1. The van der Waals surface area contributed by atoms with Gasteiger partial charge in [-0.1, -0.05) is 58.0 Å². The van der Waals surface area contributed by atoms with Crippen molar-refractivity contribution >= 4 is 11.9 Å². The van der Waals surface area contributed by atoms with Gasteiger partial charge in [0, 0.05) is 30.5 Å². The number of carbonyl (C=O) groups excluding carboxylic acids is 1. The fourth-order valence-electron chi connectivity index (χ4n) is 2.31. The van der Waals surface area contributed by atoms with Gasteiger partial charge in [0.25, 0.3) is 0 Å². The van der Waals surface area contributed by atoms with Gasteiger partial charge < -0.3 is 16.0 Å². The summed E-state index contributed by atoms with van der Waals surface area (Å²) >= 11 is 0. The molecule has 0 saturated carbocycles. The molecule has 0 aliphatic carbocycles. The summed E-state index contributed by atoms with van der Waals surface area (Å²) in [6.07, 6.45) is 0. The first-order chi connectivity index (χ1) is 11.8. The normalized spacial score (nSPS) is 14.6. The highest BCUT2D eigenvalue weighted by Gasteiger charge is 2.20. The molecule has 0 bridgehead atoms. The van der Waals surface area contributed by atoms with E-state index in [1.807, 2.05) is 33.8 Å². The van der Waals surface area contributed by atoms with E-state index in [-0.39, 0.29) is 17.4 Å². The maximum Gasteiger partial charge on any atom is 0.225 e. The van der Waals surface area contributed by atoms with Gasteiger partial charge in [0.1, 0.15) is 0 Å². The number of amides is 1. The van der Waals surface area contributed by atoms with Crippen molar-refractivity contribution in [3.8, 4) is 0 Å². The lowest BCUT2D eigenvalue weighted by atomic mass is 9.94. The molecule has 2 atom stereocenters. The van der Waals surface area contributed by atoms with Crippen LogP contribution >= 0.6 is 0 Å². The summed E-state index contributed by atoms with van der Waals surface area (Å²) in [6, 6.07) is 10.7.